The van der Waals surface area contributed by atoms with Crippen molar-refractivity contribution in [2.75, 3.05) is 30.9 Å². The normalized spacial score (nSPS) is 14.4. The number of benzene rings is 2. The first-order chi connectivity index (χ1) is 12.1. The van der Waals surface area contributed by atoms with Crippen LogP contribution in [-0.2, 0) is 5.41 Å². The molecule has 0 saturated heterocycles. The average Bonchev–Trinajstić information content (AvgIpc) is 3.11. The third-order valence-corrected chi connectivity index (χ3v) is 5.03. The van der Waals surface area contributed by atoms with Gasteiger partial charge in [-0.1, -0.05) is 25.0 Å². The molecule has 2 radical (unpaired) electrons. The number of amides is 2. The Morgan fingerprint density at radius 1 is 1.07 bits per heavy atom. The van der Waals surface area contributed by atoms with Gasteiger partial charge in [0, 0.05) is 114 Å². The van der Waals surface area contributed by atoms with Crippen LogP contribution in [0, 0.1) is 94.7 Å². The van der Waals surface area contributed by atoms with Gasteiger partial charge in [0.05, 0.1) is 0 Å². The first kappa shape index (κ1) is 25.3. The minimum absolute atomic E-state index is 0. The summed E-state index contributed by atoms with van der Waals surface area (Å²) in [6.45, 7) is 0.646. The Hall–Kier alpha value is 0.237. The molecular formula is C21H25N3OPr2-2. The number of urea groups is 1. The van der Waals surface area contributed by atoms with Gasteiger partial charge in [0.25, 0.3) is 0 Å². The quantitative estimate of drug-likeness (QED) is 0.499. The Labute approximate surface area is 229 Å². The van der Waals surface area contributed by atoms with Crippen LogP contribution in [0.1, 0.15) is 31.2 Å². The van der Waals surface area contributed by atoms with Crippen molar-refractivity contribution in [3.8, 4) is 0 Å². The smallest absolute Gasteiger partial charge is 0.315 e. The van der Waals surface area contributed by atoms with Gasteiger partial charge in [-0.25, -0.2) is 10.5 Å². The molecular weight excluding hydrogens is 592 g/mol. The van der Waals surface area contributed by atoms with Crippen molar-refractivity contribution in [3.05, 3.63) is 60.2 Å². The van der Waals surface area contributed by atoms with Gasteiger partial charge in [-0.15, -0.1) is 0 Å². The van der Waals surface area contributed by atoms with Crippen LogP contribution in [0.2, 0.25) is 0 Å². The molecule has 1 fully saturated rings. The van der Waals surface area contributed by atoms with Crippen molar-refractivity contribution in [1.82, 2.24) is 5.32 Å². The second-order valence-electron chi connectivity index (χ2n) is 6.93. The van der Waals surface area contributed by atoms with Gasteiger partial charge in [0.2, 0.25) is 0 Å². The molecule has 1 aliphatic rings. The Kier molecular flexibility index (Phi) is 11.3. The Morgan fingerprint density at radius 2 is 1.67 bits per heavy atom. The van der Waals surface area contributed by atoms with Crippen LogP contribution < -0.4 is 15.5 Å². The number of rotatable bonds is 5. The number of carbonyl (C=O) groups is 1. The summed E-state index contributed by atoms with van der Waals surface area (Å²) >= 11 is 0. The minimum Gasteiger partial charge on any atom is -0.378 e. The summed E-state index contributed by atoms with van der Waals surface area (Å²) in [6.07, 6.45) is 4.63. The zero-order valence-electron chi connectivity index (χ0n) is 16.1. The summed E-state index contributed by atoms with van der Waals surface area (Å²) in [5.74, 6) is 0. The molecule has 0 spiro atoms. The summed E-state index contributed by atoms with van der Waals surface area (Å²) in [4.78, 5) is 14.3. The Bertz CT molecular complexity index is 699. The van der Waals surface area contributed by atoms with E-state index in [1.54, 1.807) is 12.1 Å². The monoisotopic (exact) mass is 617 g/mol. The number of anilines is 2. The number of hydrogen-bond donors (Lipinski definition) is 2. The van der Waals surface area contributed by atoms with Crippen LogP contribution in [0.15, 0.2) is 42.5 Å². The average molecular weight is 617 g/mol. The molecule has 138 valence electrons. The second-order valence-corrected chi connectivity index (χ2v) is 6.93. The SMILES string of the molecule is CN(C)c1ccc(C2(CNC(=O)Nc3[c-]ccc[c-]3)CCCC2)cc1.[Pr].[Pr]. The van der Waals surface area contributed by atoms with Gasteiger partial charge >= 0.3 is 6.03 Å². The van der Waals surface area contributed by atoms with Crippen molar-refractivity contribution < 1.29 is 87.4 Å². The number of nitrogens with one attached hydrogen (secondary N) is 2. The van der Waals surface area contributed by atoms with E-state index in [0.29, 0.717) is 12.2 Å². The summed E-state index contributed by atoms with van der Waals surface area (Å²) < 4.78 is 0. The van der Waals surface area contributed by atoms with Crippen LogP contribution in [0.4, 0.5) is 16.2 Å². The molecule has 0 atom stereocenters. The van der Waals surface area contributed by atoms with Crippen molar-refractivity contribution in [2.24, 2.45) is 0 Å². The summed E-state index contributed by atoms with van der Waals surface area (Å²) in [5.41, 5.74) is 3.11. The van der Waals surface area contributed by atoms with Crippen LogP contribution in [-0.4, -0.2) is 26.7 Å². The first-order valence-electron chi connectivity index (χ1n) is 8.80. The fourth-order valence-electron chi connectivity index (χ4n) is 3.56. The number of para-hydroxylation sites is 1. The van der Waals surface area contributed by atoms with Crippen molar-refractivity contribution in [1.29, 1.82) is 0 Å². The first-order valence-corrected chi connectivity index (χ1v) is 8.80. The van der Waals surface area contributed by atoms with Gasteiger partial charge in [0.15, 0.2) is 0 Å². The third-order valence-electron chi connectivity index (χ3n) is 5.03. The maximum Gasteiger partial charge on any atom is 0.315 e. The van der Waals surface area contributed by atoms with Gasteiger partial charge in [-0.05, 0) is 30.5 Å². The van der Waals surface area contributed by atoms with E-state index < -0.39 is 0 Å². The molecule has 1 saturated carbocycles. The van der Waals surface area contributed by atoms with E-state index >= 15 is 0 Å². The minimum atomic E-state index is -0.199. The van der Waals surface area contributed by atoms with Gasteiger partial charge in [-0.2, -0.15) is 0 Å². The molecule has 0 bridgehead atoms. The van der Waals surface area contributed by atoms with Gasteiger partial charge < -0.3 is 27.7 Å². The zero-order chi connectivity index (χ0) is 17.7. The van der Waals surface area contributed by atoms with E-state index in [1.165, 1.54) is 24.1 Å². The largest absolute Gasteiger partial charge is 0.378 e. The predicted octanol–water partition coefficient (Wildman–Crippen LogP) is 3.99. The summed E-state index contributed by atoms with van der Waals surface area (Å²) in [6, 6.07) is 19.8. The molecule has 27 heavy (non-hydrogen) atoms. The van der Waals surface area contributed by atoms with E-state index in [1.807, 2.05) is 20.2 Å². The van der Waals surface area contributed by atoms with Gasteiger partial charge in [0.1, 0.15) is 0 Å². The second kappa shape index (κ2) is 12.1. The van der Waals surface area contributed by atoms with Crippen LogP contribution in [0.3, 0.4) is 0 Å². The van der Waals surface area contributed by atoms with Crippen LogP contribution in [0.5, 0.6) is 0 Å². The van der Waals surface area contributed by atoms with E-state index in [0.717, 1.165) is 12.8 Å². The van der Waals surface area contributed by atoms with Crippen molar-refractivity contribution >= 4 is 17.4 Å². The molecule has 6 heteroatoms. The number of nitrogens with zero attached hydrogens (tertiary/aromatic N) is 1. The maximum atomic E-state index is 12.2. The topological polar surface area (TPSA) is 44.4 Å². The maximum absolute atomic E-state index is 12.2. The fourth-order valence-corrected chi connectivity index (χ4v) is 3.56. The summed E-state index contributed by atoms with van der Waals surface area (Å²) in [7, 11) is 4.09. The Morgan fingerprint density at radius 3 is 2.22 bits per heavy atom. The van der Waals surface area contributed by atoms with E-state index in [2.05, 4.69) is 51.9 Å². The molecule has 0 aliphatic heterocycles. The fraction of sp³-hybridized carbons (Fsp3) is 0.381. The van der Waals surface area contributed by atoms with E-state index in [9.17, 15) is 4.79 Å². The molecule has 0 aromatic heterocycles. The molecule has 0 heterocycles. The van der Waals surface area contributed by atoms with Crippen molar-refractivity contribution in [2.45, 2.75) is 31.1 Å². The molecule has 2 amide bonds. The number of carbonyl (C=O) groups excluding carboxylic acids is 1. The molecule has 2 aromatic rings. The molecule has 0 unspecified atom stereocenters. The Balaban J connectivity index is 0.00000182. The van der Waals surface area contributed by atoms with E-state index in [-0.39, 0.29) is 94.0 Å². The summed E-state index contributed by atoms with van der Waals surface area (Å²) in [5, 5.41) is 5.84. The zero-order valence-corrected chi connectivity index (χ0v) is 23.5. The standard InChI is InChI=1S/C21H25N3O.2Pr/c1-24(2)19-12-10-17(11-13-19)21(14-6-7-15-21)16-22-20(25)23-18-8-4-3-5-9-18;;/h3-5,10-13H,6-7,14-16H2,1-2H3,(H2,22,23,25);;/q-2;;. The van der Waals surface area contributed by atoms with Gasteiger partial charge in [-0.3, -0.25) is 18.2 Å². The van der Waals surface area contributed by atoms with Crippen molar-refractivity contribution in [3.63, 3.8) is 0 Å². The third kappa shape index (κ3) is 6.91. The van der Waals surface area contributed by atoms with Crippen LogP contribution >= 0.6 is 0 Å². The molecule has 4 nitrogen and oxygen atoms in total. The molecule has 3 rings (SSSR count). The van der Waals surface area contributed by atoms with E-state index in [4.69, 9.17) is 0 Å². The predicted molar refractivity (Wildman–Crippen MR) is 102 cm³/mol. The molecule has 2 N–H and O–H groups in total. The number of hydrogen-bond acceptors (Lipinski definition) is 2. The molecule has 2 aromatic carbocycles. The molecule has 1 aliphatic carbocycles. The van der Waals surface area contributed by atoms with Crippen LogP contribution in [0.25, 0.3) is 0 Å².